The summed E-state index contributed by atoms with van der Waals surface area (Å²) in [7, 11) is 3.46. The Hall–Kier alpha value is -0.859. The minimum Gasteiger partial charge on any atom is -0.435 e. The van der Waals surface area contributed by atoms with Gasteiger partial charge in [-0.05, 0) is 24.2 Å². The van der Waals surface area contributed by atoms with E-state index in [4.69, 9.17) is 21.3 Å². The maximum atomic E-state index is 5.25. The fourth-order valence-electron chi connectivity index (χ4n) is 0.561. The standard InChI is InChI=1S/C3H5N5.C3H8NO2Si3/c4-2-1-6-8-7-3(2)5;4-2-1-3-8-6-9-5-7/h1H,(H2,4,8)(H2,5,6,7);1-4H2. The third kappa shape index (κ3) is 10.0. The highest BCUT2D eigenvalue weighted by molar-refractivity contribution is 6.41. The fraction of sp³-hybridized carbons (Fsp3) is 0.500. The van der Waals surface area contributed by atoms with Gasteiger partial charge in [0.25, 0.3) is 0 Å². The first kappa shape index (κ1) is 16.1. The summed E-state index contributed by atoms with van der Waals surface area (Å²) in [6.45, 7) is 0.744. The molecule has 8 nitrogen and oxygen atoms in total. The molecule has 91 valence electrons. The maximum Gasteiger partial charge on any atom is 0.409 e. The quantitative estimate of drug-likeness (QED) is 0.406. The SMILES string of the molecule is NCCC[Si]O[Si]O[Si].Nc1cnnnc1N. The average molecular weight is 285 g/mol. The summed E-state index contributed by atoms with van der Waals surface area (Å²) < 4.78 is 9.52. The Bertz CT molecular complexity index is 267. The predicted molar refractivity (Wildman–Crippen MR) is 66.6 cm³/mol. The molecule has 0 aromatic carbocycles. The molecule has 0 atom stereocenters. The average Bonchev–Trinajstić information content (AvgIpc) is 2.34. The molecule has 0 saturated heterocycles. The molecule has 0 amide bonds. The molecule has 6 N–H and O–H groups in total. The van der Waals surface area contributed by atoms with Crippen molar-refractivity contribution < 1.29 is 8.23 Å². The highest BCUT2D eigenvalue weighted by atomic mass is 28.3. The lowest BCUT2D eigenvalue weighted by Crippen LogP contribution is -2.08. The summed E-state index contributed by atoms with van der Waals surface area (Å²) >= 11 is 0. The van der Waals surface area contributed by atoms with Crippen LogP contribution in [0.25, 0.3) is 0 Å². The highest BCUT2D eigenvalue weighted by Gasteiger charge is 1.91. The highest BCUT2D eigenvalue weighted by Crippen LogP contribution is 2.02. The normalized spacial score (nSPS) is 9.53. The van der Waals surface area contributed by atoms with Gasteiger partial charge in [0.1, 0.15) is 0 Å². The molecule has 0 aliphatic rings. The predicted octanol–water partition coefficient (Wildman–Crippen LogP) is -1.94. The van der Waals surface area contributed by atoms with Crippen LogP contribution in [0.2, 0.25) is 6.04 Å². The Labute approximate surface area is 108 Å². The Morgan fingerprint density at radius 3 is 2.65 bits per heavy atom. The second-order valence-electron chi connectivity index (χ2n) is 2.60. The molecule has 0 aliphatic carbocycles. The van der Waals surface area contributed by atoms with Crippen LogP contribution in [0.4, 0.5) is 11.5 Å². The van der Waals surface area contributed by atoms with Crippen molar-refractivity contribution in [3.05, 3.63) is 6.20 Å². The topological polar surface area (TPSA) is 135 Å². The number of nitrogen functional groups attached to an aromatic ring is 2. The molecule has 1 aromatic heterocycles. The van der Waals surface area contributed by atoms with Crippen molar-refractivity contribution in [1.82, 2.24) is 15.4 Å². The summed E-state index contributed by atoms with van der Waals surface area (Å²) in [5.41, 5.74) is 16.0. The third-order valence-corrected chi connectivity index (χ3v) is 3.14. The fourth-order valence-corrected chi connectivity index (χ4v) is 2.10. The van der Waals surface area contributed by atoms with Gasteiger partial charge in [-0.2, -0.15) is 0 Å². The Balaban J connectivity index is 0.000000302. The van der Waals surface area contributed by atoms with E-state index in [1.54, 1.807) is 0 Å². The smallest absolute Gasteiger partial charge is 0.409 e. The van der Waals surface area contributed by atoms with Gasteiger partial charge in [0, 0.05) is 0 Å². The zero-order valence-electron chi connectivity index (χ0n) is 9.09. The first-order valence-corrected chi connectivity index (χ1v) is 6.92. The molecular formula is C6H13N6O2Si3. The van der Waals surface area contributed by atoms with Gasteiger partial charge in [0.2, 0.25) is 20.2 Å². The van der Waals surface area contributed by atoms with E-state index >= 15 is 0 Å². The molecule has 0 unspecified atom stereocenters. The first-order valence-electron chi connectivity index (χ1n) is 4.58. The molecule has 1 aromatic rings. The number of hydrogen-bond acceptors (Lipinski definition) is 8. The minimum atomic E-state index is 0.111. The van der Waals surface area contributed by atoms with Crippen LogP contribution < -0.4 is 17.2 Å². The van der Waals surface area contributed by atoms with E-state index in [2.05, 4.69) is 30.0 Å². The van der Waals surface area contributed by atoms with E-state index in [1.165, 1.54) is 6.20 Å². The number of anilines is 2. The van der Waals surface area contributed by atoms with Crippen molar-refractivity contribution in [2.75, 3.05) is 18.0 Å². The second kappa shape index (κ2) is 11.6. The second-order valence-corrected chi connectivity index (χ2v) is 5.19. The summed E-state index contributed by atoms with van der Waals surface area (Å²) in [5, 5.41) is 9.99. The monoisotopic (exact) mass is 285 g/mol. The van der Waals surface area contributed by atoms with E-state index in [-0.39, 0.29) is 15.8 Å². The molecule has 11 heteroatoms. The van der Waals surface area contributed by atoms with Gasteiger partial charge in [-0.25, -0.2) is 0 Å². The summed E-state index contributed by atoms with van der Waals surface area (Å²) in [5.74, 6) is 0.222. The molecule has 0 bridgehead atoms. The molecule has 17 heavy (non-hydrogen) atoms. The zero-order chi connectivity index (χ0) is 12.9. The van der Waals surface area contributed by atoms with Crippen LogP contribution in [0, 0.1) is 0 Å². The first-order chi connectivity index (χ1) is 8.22. The number of nitrogens with zero attached hydrogens (tertiary/aromatic N) is 3. The lowest BCUT2D eigenvalue weighted by atomic mass is 10.5. The van der Waals surface area contributed by atoms with Crippen LogP contribution >= 0.6 is 0 Å². The van der Waals surface area contributed by atoms with Crippen molar-refractivity contribution in [3.63, 3.8) is 0 Å². The van der Waals surface area contributed by atoms with Crippen molar-refractivity contribution in [2.45, 2.75) is 12.5 Å². The molecule has 1 heterocycles. The van der Waals surface area contributed by atoms with Gasteiger partial charge >= 0.3 is 10.0 Å². The molecule has 1 rings (SSSR count). The summed E-state index contributed by atoms with van der Waals surface area (Å²) in [6.07, 6.45) is 2.38. The molecule has 0 aliphatic heterocycles. The van der Waals surface area contributed by atoms with Crippen LogP contribution in [0.3, 0.4) is 0 Å². The Kier molecular flexibility index (Phi) is 11.0. The lowest BCUT2D eigenvalue weighted by Gasteiger charge is -1.95. The largest absolute Gasteiger partial charge is 0.435 e. The van der Waals surface area contributed by atoms with E-state index in [1.807, 2.05) is 0 Å². The third-order valence-electron chi connectivity index (χ3n) is 1.34. The Morgan fingerprint density at radius 2 is 2.18 bits per heavy atom. The Morgan fingerprint density at radius 1 is 1.41 bits per heavy atom. The van der Waals surface area contributed by atoms with E-state index in [9.17, 15) is 0 Å². The molecular weight excluding hydrogens is 272 g/mol. The number of nitrogens with two attached hydrogens (primary N) is 3. The zero-order valence-corrected chi connectivity index (χ0v) is 12.1. The van der Waals surface area contributed by atoms with E-state index < -0.39 is 0 Å². The minimum absolute atomic E-state index is 0.111. The van der Waals surface area contributed by atoms with Crippen LogP contribution in [-0.2, 0) is 8.23 Å². The van der Waals surface area contributed by atoms with Crippen molar-refractivity contribution in [2.24, 2.45) is 5.73 Å². The number of hydrogen-bond donors (Lipinski definition) is 3. The molecule has 0 saturated carbocycles. The van der Waals surface area contributed by atoms with Crippen molar-refractivity contribution >= 4 is 41.8 Å². The van der Waals surface area contributed by atoms with Crippen molar-refractivity contribution in [1.29, 1.82) is 0 Å². The van der Waals surface area contributed by atoms with Crippen LogP contribution in [-0.4, -0.2) is 52.2 Å². The number of rotatable bonds is 6. The van der Waals surface area contributed by atoms with Gasteiger partial charge in [0.05, 0.1) is 11.9 Å². The molecule has 0 fully saturated rings. The van der Waals surface area contributed by atoms with Gasteiger partial charge in [0.15, 0.2) is 5.82 Å². The van der Waals surface area contributed by atoms with Gasteiger partial charge in [-0.1, -0.05) is 0 Å². The van der Waals surface area contributed by atoms with Crippen LogP contribution in [0.1, 0.15) is 6.42 Å². The maximum absolute atomic E-state index is 5.25. The van der Waals surface area contributed by atoms with E-state index in [0.29, 0.717) is 15.5 Å². The van der Waals surface area contributed by atoms with Gasteiger partial charge < -0.3 is 25.4 Å². The van der Waals surface area contributed by atoms with Gasteiger partial charge in [-0.3, -0.25) is 0 Å². The van der Waals surface area contributed by atoms with Gasteiger partial charge in [-0.15, -0.1) is 10.2 Å². The van der Waals surface area contributed by atoms with Crippen LogP contribution in [0.5, 0.6) is 0 Å². The van der Waals surface area contributed by atoms with E-state index in [0.717, 1.165) is 19.0 Å². The van der Waals surface area contributed by atoms with Crippen LogP contribution in [0.15, 0.2) is 6.20 Å². The number of aromatic nitrogens is 3. The summed E-state index contributed by atoms with van der Waals surface area (Å²) in [4.78, 5) is 0. The lowest BCUT2D eigenvalue weighted by molar-refractivity contribution is 0.500. The summed E-state index contributed by atoms with van der Waals surface area (Å²) in [6, 6.07) is 1.04. The molecule has 0 spiro atoms. The molecule has 7 radical (unpaired) electrons. The van der Waals surface area contributed by atoms with Crippen molar-refractivity contribution in [3.8, 4) is 0 Å².